The van der Waals surface area contributed by atoms with Gasteiger partial charge in [-0.2, -0.15) is 0 Å². The smallest absolute Gasteiger partial charge is 0.168 e. The number of thioether (sulfide) groups is 1. The summed E-state index contributed by atoms with van der Waals surface area (Å²) in [6.45, 7) is 0.637. The van der Waals surface area contributed by atoms with Crippen LogP contribution in [0, 0.1) is 5.82 Å². The van der Waals surface area contributed by atoms with E-state index in [-0.39, 0.29) is 17.7 Å². The van der Waals surface area contributed by atoms with Gasteiger partial charge in [0.05, 0.1) is 12.7 Å². The second-order valence-electron chi connectivity index (χ2n) is 5.20. The summed E-state index contributed by atoms with van der Waals surface area (Å²) in [7, 11) is 0. The standard InChI is InChI=1S/C14H18FNO2S/c15-10-5-11(16)7-13(6-10)19-9-12-8-17-14(18-12)3-1-2-4-14/h5-7,12H,1-4,8-9,16H2. The zero-order valence-electron chi connectivity index (χ0n) is 10.7. The summed E-state index contributed by atoms with van der Waals surface area (Å²) in [4.78, 5) is 0.841. The van der Waals surface area contributed by atoms with E-state index in [0.717, 1.165) is 23.5 Å². The van der Waals surface area contributed by atoms with Gasteiger partial charge in [0.15, 0.2) is 5.79 Å². The van der Waals surface area contributed by atoms with E-state index in [0.29, 0.717) is 12.3 Å². The molecule has 2 aliphatic rings. The molecule has 0 bridgehead atoms. The van der Waals surface area contributed by atoms with Crippen LogP contribution in [0.15, 0.2) is 23.1 Å². The lowest BCUT2D eigenvalue weighted by molar-refractivity contribution is -0.159. The summed E-state index contributed by atoms with van der Waals surface area (Å²) in [6, 6.07) is 4.61. The Labute approximate surface area is 116 Å². The predicted molar refractivity (Wildman–Crippen MR) is 73.6 cm³/mol. The molecule has 1 aliphatic carbocycles. The number of hydrogen-bond donors (Lipinski definition) is 1. The highest BCUT2D eigenvalue weighted by Gasteiger charge is 2.43. The molecule has 1 aliphatic heterocycles. The molecule has 3 nitrogen and oxygen atoms in total. The van der Waals surface area contributed by atoms with E-state index in [1.54, 1.807) is 17.8 Å². The van der Waals surface area contributed by atoms with E-state index < -0.39 is 0 Å². The fourth-order valence-corrected chi connectivity index (χ4v) is 3.69. The molecule has 1 saturated heterocycles. The summed E-state index contributed by atoms with van der Waals surface area (Å²) in [6.07, 6.45) is 4.45. The van der Waals surface area contributed by atoms with Crippen molar-refractivity contribution in [2.75, 3.05) is 18.1 Å². The first-order valence-corrected chi connectivity index (χ1v) is 7.64. The molecule has 2 N–H and O–H groups in total. The Balaban J connectivity index is 1.55. The van der Waals surface area contributed by atoms with E-state index in [9.17, 15) is 4.39 Å². The minimum absolute atomic E-state index is 0.0904. The van der Waals surface area contributed by atoms with Crippen LogP contribution < -0.4 is 5.73 Å². The average Bonchev–Trinajstić information content (AvgIpc) is 2.97. The molecular formula is C14H18FNO2S. The molecular weight excluding hydrogens is 265 g/mol. The van der Waals surface area contributed by atoms with Crippen molar-refractivity contribution >= 4 is 17.4 Å². The van der Waals surface area contributed by atoms with Crippen LogP contribution in [0.5, 0.6) is 0 Å². The third kappa shape index (κ3) is 3.04. The molecule has 104 valence electrons. The Morgan fingerprint density at radius 2 is 2.11 bits per heavy atom. The first kappa shape index (κ1) is 13.2. The molecule has 0 amide bonds. The summed E-state index contributed by atoms with van der Waals surface area (Å²) in [5, 5.41) is 0. The van der Waals surface area contributed by atoms with Gasteiger partial charge in [-0.1, -0.05) is 0 Å². The maximum Gasteiger partial charge on any atom is 0.168 e. The Morgan fingerprint density at radius 3 is 2.84 bits per heavy atom. The van der Waals surface area contributed by atoms with Crippen molar-refractivity contribution in [2.45, 2.75) is 42.5 Å². The van der Waals surface area contributed by atoms with E-state index >= 15 is 0 Å². The maximum absolute atomic E-state index is 13.2. The van der Waals surface area contributed by atoms with E-state index in [4.69, 9.17) is 15.2 Å². The molecule has 1 aromatic carbocycles. The van der Waals surface area contributed by atoms with Gasteiger partial charge in [-0.15, -0.1) is 11.8 Å². The lowest BCUT2D eigenvalue weighted by Gasteiger charge is -2.21. The van der Waals surface area contributed by atoms with Crippen molar-refractivity contribution in [3.05, 3.63) is 24.0 Å². The van der Waals surface area contributed by atoms with Gasteiger partial charge in [-0.25, -0.2) is 4.39 Å². The molecule has 1 unspecified atom stereocenters. The molecule has 2 fully saturated rings. The highest BCUT2D eigenvalue weighted by atomic mass is 32.2. The Kier molecular flexibility index (Phi) is 3.69. The maximum atomic E-state index is 13.2. The zero-order chi connectivity index (χ0) is 13.3. The predicted octanol–water partition coefficient (Wildman–Crippen LogP) is 3.19. The van der Waals surface area contributed by atoms with Gasteiger partial charge < -0.3 is 15.2 Å². The van der Waals surface area contributed by atoms with Crippen LogP contribution in [-0.4, -0.2) is 24.3 Å². The number of benzene rings is 1. The van der Waals surface area contributed by atoms with Crippen molar-refractivity contribution in [1.82, 2.24) is 0 Å². The Morgan fingerprint density at radius 1 is 1.32 bits per heavy atom. The monoisotopic (exact) mass is 283 g/mol. The molecule has 3 rings (SSSR count). The molecule has 0 radical (unpaired) electrons. The van der Waals surface area contributed by atoms with Gasteiger partial charge in [0, 0.05) is 29.2 Å². The molecule has 5 heteroatoms. The van der Waals surface area contributed by atoms with E-state index in [1.807, 2.05) is 0 Å². The summed E-state index contributed by atoms with van der Waals surface area (Å²) < 4.78 is 25.1. The fourth-order valence-electron chi connectivity index (χ4n) is 2.73. The second kappa shape index (κ2) is 5.31. The second-order valence-corrected chi connectivity index (χ2v) is 6.29. The van der Waals surface area contributed by atoms with Crippen molar-refractivity contribution in [3.63, 3.8) is 0 Å². The van der Waals surface area contributed by atoms with Gasteiger partial charge in [0.2, 0.25) is 0 Å². The highest BCUT2D eigenvalue weighted by Crippen LogP contribution is 2.40. The summed E-state index contributed by atoms with van der Waals surface area (Å²) in [5.74, 6) is 0.162. The van der Waals surface area contributed by atoms with Crippen LogP contribution in [0.4, 0.5) is 10.1 Å². The van der Waals surface area contributed by atoms with Gasteiger partial charge in [-0.3, -0.25) is 0 Å². The molecule has 19 heavy (non-hydrogen) atoms. The van der Waals surface area contributed by atoms with Crippen LogP contribution in [0.1, 0.15) is 25.7 Å². The molecule has 0 aromatic heterocycles. The van der Waals surface area contributed by atoms with Gasteiger partial charge >= 0.3 is 0 Å². The molecule has 1 atom stereocenters. The van der Waals surface area contributed by atoms with E-state index in [2.05, 4.69) is 0 Å². The minimum atomic E-state index is -0.313. The highest BCUT2D eigenvalue weighted by molar-refractivity contribution is 7.99. The van der Waals surface area contributed by atoms with Gasteiger partial charge in [0.25, 0.3) is 0 Å². The Hall–Kier alpha value is -0.780. The SMILES string of the molecule is Nc1cc(F)cc(SCC2COC3(CCCC3)O2)c1. The topological polar surface area (TPSA) is 44.5 Å². The molecule has 1 spiro atoms. The van der Waals surface area contributed by atoms with Crippen molar-refractivity contribution in [3.8, 4) is 0 Å². The van der Waals surface area contributed by atoms with Crippen LogP contribution in [-0.2, 0) is 9.47 Å². The fraction of sp³-hybridized carbons (Fsp3) is 0.571. The van der Waals surface area contributed by atoms with Crippen molar-refractivity contribution in [2.24, 2.45) is 0 Å². The molecule has 1 aromatic rings. The number of halogens is 1. The van der Waals surface area contributed by atoms with Crippen LogP contribution in [0.2, 0.25) is 0 Å². The Bertz CT molecular complexity index is 443. The molecule has 1 saturated carbocycles. The summed E-state index contributed by atoms with van der Waals surface area (Å²) in [5.41, 5.74) is 6.09. The minimum Gasteiger partial charge on any atom is -0.399 e. The van der Waals surface area contributed by atoms with Gasteiger partial charge in [0.1, 0.15) is 5.82 Å². The van der Waals surface area contributed by atoms with Crippen LogP contribution >= 0.6 is 11.8 Å². The van der Waals surface area contributed by atoms with Crippen molar-refractivity contribution in [1.29, 1.82) is 0 Å². The zero-order valence-corrected chi connectivity index (χ0v) is 11.5. The van der Waals surface area contributed by atoms with Crippen LogP contribution in [0.3, 0.4) is 0 Å². The van der Waals surface area contributed by atoms with Crippen molar-refractivity contribution < 1.29 is 13.9 Å². The summed E-state index contributed by atoms with van der Waals surface area (Å²) >= 11 is 1.56. The normalized spacial score (nSPS) is 25.2. The number of hydrogen-bond acceptors (Lipinski definition) is 4. The largest absolute Gasteiger partial charge is 0.399 e. The number of ether oxygens (including phenoxy) is 2. The average molecular weight is 283 g/mol. The lowest BCUT2D eigenvalue weighted by atomic mass is 10.2. The third-order valence-corrected chi connectivity index (χ3v) is 4.72. The first-order valence-electron chi connectivity index (χ1n) is 6.66. The number of nitrogen functional groups attached to an aromatic ring is 1. The van der Waals surface area contributed by atoms with Crippen LogP contribution in [0.25, 0.3) is 0 Å². The quantitative estimate of drug-likeness (QED) is 0.683. The number of rotatable bonds is 3. The van der Waals surface area contributed by atoms with E-state index in [1.165, 1.54) is 25.0 Å². The third-order valence-electron chi connectivity index (χ3n) is 3.61. The number of nitrogens with two attached hydrogens (primary N) is 1. The number of anilines is 1. The lowest BCUT2D eigenvalue weighted by Crippen LogP contribution is -2.27. The molecule has 1 heterocycles. The first-order chi connectivity index (χ1) is 9.15. The van der Waals surface area contributed by atoms with Gasteiger partial charge in [-0.05, 0) is 31.0 Å².